The van der Waals surface area contributed by atoms with Crippen LogP contribution in [0.1, 0.15) is 5.56 Å². The van der Waals surface area contributed by atoms with Gasteiger partial charge in [0.05, 0.1) is 5.69 Å². The molecule has 0 aliphatic carbocycles. The number of ether oxygens (including phenoxy) is 2. The summed E-state index contributed by atoms with van der Waals surface area (Å²) in [4.78, 5) is 11.9. The van der Waals surface area contributed by atoms with Crippen molar-refractivity contribution in [2.45, 2.75) is 6.92 Å². The summed E-state index contributed by atoms with van der Waals surface area (Å²) in [6.07, 6.45) is 0. The van der Waals surface area contributed by atoms with E-state index in [9.17, 15) is 9.90 Å². The van der Waals surface area contributed by atoms with E-state index in [4.69, 9.17) is 9.47 Å². The van der Waals surface area contributed by atoms with Crippen LogP contribution in [0.2, 0.25) is 0 Å². The Morgan fingerprint density at radius 2 is 1.90 bits per heavy atom. The van der Waals surface area contributed by atoms with Gasteiger partial charge in [0, 0.05) is 11.8 Å². The van der Waals surface area contributed by atoms with Gasteiger partial charge in [0.25, 0.3) is 0 Å². The molecule has 0 unspecified atom stereocenters. The van der Waals surface area contributed by atoms with Crippen LogP contribution in [0.5, 0.6) is 17.2 Å². The van der Waals surface area contributed by atoms with E-state index in [1.54, 1.807) is 30.3 Å². The standard InChI is InChI=1S/C15H14N2O4/c1-9-2-4-12(18)11(6-9)17-15(19)16-10-3-5-13-14(7-10)21-8-20-13/h2-7,18H,8H2,1H3,(H2,16,17,19). The fourth-order valence-corrected chi connectivity index (χ4v) is 2.01. The highest BCUT2D eigenvalue weighted by molar-refractivity contribution is 6.00. The van der Waals surface area contributed by atoms with Crippen molar-refractivity contribution in [1.29, 1.82) is 0 Å². The topological polar surface area (TPSA) is 79.8 Å². The van der Waals surface area contributed by atoms with Crippen molar-refractivity contribution >= 4 is 17.4 Å². The third-order valence-corrected chi connectivity index (χ3v) is 3.03. The van der Waals surface area contributed by atoms with E-state index in [0.29, 0.717) is 22.9 Å². The molecule has 0 radical (unpaired) electrons. The number of aromatic hydroxyl groups is 1. The molecule has 0 saturated carbocycles. The van der Waals surface area contributed by atoms with Gasteiger partial charge in [-0.15, -0.1) is 0 Å². The van der Waals surface area contributed by atoms with Crippen LogP contribution >= 0.6 is 0 Å². The van der Waals surface area contributed by atoms with Crippen molar-refractivity contribution in [2.75, 3.05) is 17.4 Å². The zero-order chi connectivity index (χ0) is 14.8. The SMILES string of the molecule is Cc1ccc(O)c(NC(=O)Nc2ccc3c(c2)OCO3)c1. The molecule has 2 aromatic carbocycles. The molecular formula is C15H14N2O4. The van der Waals surface area contributed by atoms with Crippen LogP contribution < -0.4 is 20.1 Å². The number of amides is 2. The average molecular weight is 286 g/mol. The van der Waals surface area contributed by atoms with Crippen LogP contribution in [0.25, 0.3) is 0 Å². The summed E-state index contributed by atoms with van der Waals surface area (Å²) >= 11 is 0. The number of phenolic OH excluding ortho intramolecular Hbond substituents is 1. The maximum absolute atomic E-state index is 11.9. The summed E-state index contributed by atoms with van der Waals surface area (Å²) in [5.74, 6) is 1.25. The van der Waals surface area contributed by atoms with Gasteiger partial charge < -0.3 is 25.2 Å². The van der Waals surface area contributed by atoms with Gasteiger partial charge in [0.15, 0.2) is 11.5 Å². The van der Waals surface area contributed by atoms with Gasteiger partial charge >= 0.3 is 6.03 Å². The number of fused-ring (bicyclic) bond motifs is 1. The first-order chi connectivity index (χ1) is 10.1. The summed E-state index contributed by atoms with van der Waals surface area (Å²) < 4.78 is 10.4. The second kappa shape index (κ2) is 5.24. The van der Waals surface area contributed by atoms with E-state index >= 15 is 0 Å². The first-order valence-electron chi connectivity index (χ1n) is 6.39. The molecule has 0 fully saturated rings. The van der Waals surface area contributed by atoms with Crippen molar-refractivity contribution in [3.05, 3.63) is 42.0 Å². The van der Waals surface area contributed by atoms with Crippen molar-refractivity contribution in [3.8, 4) is 17.2 Å². The van der Waals surface area contributed by atoms with Crippen LogP contribution in [0.3, 0.4) is 0 Å². The van der Waals surface area contributed by atoms with Gasteiger partial charge in [-0.05, 0) is 36.8 Å². The Labute approximate surface area is 121 Å². The molecule has 1 aliphatic rings. The number of aryl methyl sites for hydroxylation is 1. The molecule has 108 valence electrons. The summed E-state index contributed by atoms with van der Waals surface area (Å²) in [6, 6.07) is 9.65. The highest BCUT2D eigenvalue weighted by Crippen LogP contribution is 2.34. The summed E-state index contributed by atoms with van der Waals surface area (Å²) in [7, 11) is 0. The van der Waals surface area contributed by atoms with Gasteiger partial charge in [0.1, 0.15) is 5.75 Å². The Morgan fingerprint density at radius 1 is 1.10 bits per heavy atom. The van der Waals surface area contributed by atoms with Crippen LogP contribution in [-0.4, -0.2) is 17.9 Å². The molecule has 6 nitrogen and oxygen atoms in total. The van der Waals surface area contributed by atoms with Gasteiger partial charge in [-0.25, -0.2) is 4.79 Å². The molecule has 0 saturated heterocycles. The quantitative estimate of drug-likeness (QED) is 0.741. The van der Waals surface area contributed by atoms with Crippen LogP contribution in [0.15, 0.2) is 36.4 Å². The van der Waals surface area contributed by atoms with E-state index < -0.39 is 6.03 Å². The summed E-state index contributed by atoms with van der Waals surface area (Å²) in [5.41, 5.74) is 1.86. The minimum Gasteiger partial charge on any atom is -0.506 e. The molecule has 21 heavy (non-hydrogen) atoms. The van der Waals surface area contributed by atoms with Crippen LogP contribution in [0.4, 0.5) is 16.2 Å². The number of hydrogen-bond acceptors (Lipinski definition) is 4. The van der Waals surface area contributed by atoms with Crippen molar-refractivity contribution in [2.24, 2.45) is 0 Å². The number of carbonyl (C=O) groups excluding carboxylic acids is 1. The van der Waals surface area contributed by atoms with E-state index in [0.717, 1.165) is 5.56 Å². The van der Waals surface area contributed by atoms with Gasteiger partial charge in [-0.2, -0.15) is 0 Å². The third kappa shape index (κ3) is 2.84. The van der Waals surface area contributed by atoms with Crippen molar-refractivity contribution in [1.82, 2.24) is 0 Å². The Balaban J connectivity index is 1.70. The molecule has 1 heterocycles. The van der Waals surface area contributed by atoms with Crippen molar-refractivity contribution < 1.29 is 19.4 Å². The molecule has 0 atom stereocenters. The Hall–Kier alpha value is -2.89. The predicted molar refractivity (Wildman–Crippen MR) is 78.1 cm³/mol. The van der Waals surface area contributed by atoms with E-state index in [1.165, 1.54) is 6.07 Å². The lowest BCUT2D eigenvalue weighted by Crippen LogP contribution is -2.19. The zero-order valence-corrected chi connectivity index (χ0v) is 11.3. The zero-order valence-electron chi connectivity index (χ0n) is 11.3. The van der Waals surface area contributed by atoms with E-state index in [-0.39, 0.29) is 12.5 Å². The lowest BCUT2D eigenvalue weighted by atomic mass is 10.2. The highest BCUT2D eigenvalue weighted by Gasteiger charge is 2.14. The van der Waals surface area contributed by atoms with Crippen molar-refractivity contribution in [3.63, 3.8) is 0 Å². The lowest BCUT2D eigenvalue weighted by molar-refractivity contribution is 0.174. The molecule has 2 amide bonds. The van der Waals surface area contributed by atoms with E-state index in [2.05, 4.69) is 10.6 Å². The fraction of sp³-hybridized carbons (Fsp3) is 0.133. The first kappa shape index (κ1) is 13.1. The molecule has 6 heteroatoms. The maximum atomic E-state index is 11.9. The molecule has 0 bridgehead atoms. The second-order valence-electron chi connectivity index (χ2n) is 4.67. The summed E-state index contributed by atoms with van der Waals surface area (Å²) in [5, 5.41) is 15.0. The number of urea groups is 1. The molecule has 2 aromatic rings. The smallest absolute Gasteiger partial charge is 0.323 e. The van der Waals surface area contributed by atoms with Gasteiger partial charge in [-0.1, -0.05) is 6.07 Å². The number of rotatable bonds is 2. The van der Waals surface area contributed by atoms with E-state index in [1.807, 2.05) is 6.92 Å². The number of phenols is 1. The third-order valence-electron chi connectivity index (χ3n) is 3.03. The Kier molecular flexibility index (Phi) is 3.27. The lowest BCUT2D eigenvalue weighted by Gasteiger charge is -2.10. The van der Waals surface area contributed by atoms with Gasteiger partial charge in [0.2, 0.25) is 6.79 Å². The Morgan fingerprint density at radius 3 is 2.76 bits per heavy atom. The number of benzene rings is 2. The molecule has 3 rings (SSSR count). The Bertz CT molecular complexity index is 700. The monoisotopic (exact) mass is 286 g/mol. The maximum Gasteiger partial charge on any atom is 0.323 e. The largest absolute Gasteiger partial charge is 0.506 e. The fourth-order valence-electron chi connectivity index (χ4n) is 2.01. The number of anilines is 2. The first-order valence-corrected chi connectivity index (χ1v) is 6.39. The molecule has 3 N–H and O–H groups in total. The van der Waals surface area contributed by atoms with Gasteiger partial charge in [-0.3, -0.25) is 0 Å². The second-order valence-corrected chi connectivity index (χ2v) is 4.67. The average Bonchev–Trinajstić information content (AvgIpc) is 2.90. The minimum atomic E-state index is -0.449. The normalized spacial score (nSPS) is 12.0. The number of nitrogens with one attached hydrogen (secondary N) is 2. The van der Waals surface area contributed by atoms with Crippen LogP contribution in [-0.2, 0) is 0 Å². The number of hydrogen-bond donors (Lipinski definition) is 3. The predicted octanol–water partition coefficient (Wildman–Crippen LogP) is 3.07. The molecular weight excluding hydrogens is 272 g/mol. The molecule has 0 spiro atoms. The molecule has 1 aliphatic heterocycles. The minimum absolute atomic E-state index is 0.0152. The summed E-state index contributed by atoms with van der Waals surface area (Å²) in [6.45, 7) is 2.06. The van der Waals surface area contributed by atoms with Crippen LogP contribution in [0, 0.1) is 6.92 Å². The number of carbonyl (C=O) groups is 1. The highest BCUT2D eigenvalue weighted by atomic mass is 16.7. The molecule has 0 aromatic heterocycles.